The first-order chi connectivity index (χ1) is 14.7. The third kappa shape index (κ3) is 3.03. The zero-order chi connectivity index (χ0) is 22.4. The third-order valence-corrected chi connectivity index (χ3v) is 7.73. The number of carbonyl (C=O) groups excluding carboxylic acids is 2. The van der Waals surface area contributed by atoms with Gasteiger partial charge in [0.25, 0.3) is 0 Å². The van der Waals surface area contributed by atoms with Crippen LogP contribution in [0.15, 0.2) is 60.7 Å². The molecular weight excluding hydrogens is 420 g/mol. The Balaban J connectivity index is 2.00. The molecule has 0 radical (unpaired) electrons. The summed E-state index contributed by atoms with van der Waals surface area (Å²) in [6.45, 7) is 0. The molecule has 31 heavy (non-hydrogen) atoms. The molecule has 9 heteroatoms. The minimum atomic E-state index is -2.03. The van der Waals surface area contributed by atoms with E-state index in [9.17, 15) is 29.4 Å². The molecule has 2 heterocycles. The summed E-state index contributed by atoms with van der Waals surface area (Å²) in [4.78, 5) is 51.7. The number of nitrogens with two attached hydrogens (primary N) is 1. The average molecular weight is 440 g/mol. The Bertz CT molecular complexity index is 1060. The van der Waals surface area contributed by atoms with E-state index in [0.29, 0.717) is 5.56 Å². The van der Waals surface area contributed by atoms with Crippen LogP contribution >= 0.6 is 11.8 Å². The van der Waals surface area contributed by atoms with Gasteiger partial charge in [-0.1, -0.05) is 60.7 Å². The number of carbonyl (C=O) groups is 4. The quantitative estimate of drug-likeness (QED) is 0.437. The van der Waals surface area contributed by atoms with E-state index in [1.807, 2.05) is 0 Å². The predicted molar refractivity (Wildman–Crippen MR) is 112 cm³/mol. The molecule has 0 spiro atoms. The molecular formula is C22H20N2O6S. The molecule has 2 aliphatic heterocycles. The number of hydrogen-bond acceptors (Lipinski definition) is 6. The topological polar surface area (TPSA) is 138 Å². The van der Waals surface area contributed by atoms with E-state index in [1.54, 1.807) is 60.7 Å². The summed E-state index contributed by atoms with van der Waals surface area (Å²) in [5.74, 6) is -3.70. The normalized spacial score (nSPS) is 26.5. The number of Topliss-reactive ketones (excluding diaryl/α,β-unsaturated/α-hetero) is 1. The summed E-state index contributed by atoms with van der Waals surface area (Å²) in [5, 5.41) is 19.3. The number of carboxylic acids is 2. The molecule has 0 bridgehead atoms. The summed E-state index contributed by atoms with van der Waals surface area (Å²) in [5.41, 5.74) is 5.36. The van der Waals surface area contributed by atoms with E-state index in [-0.39, 0.29) is 12.0 Å². The molecule has 2 aliphatic rings. The zero-order valence-electron chi connectivity index (χ0n) is 16.3. The molecule has 2 fully saturated rings. The number of β-lactam (4-membered cyclic amide) rings is 1. The Labute approximate surface area is 182 Å². The number of amides is 1. The molecule has 160 valence electrons. The Kier molecular flexibility index (Phi) is 5.10. The minimum Gasteiger partial charge on any atom is -0.481 e. The van der Waals surface area contributed by atoms with Crippen LogP contribution in [0.25, 0.3) is 0 Å². The van der Waals surface area contributed by atoms with Crippen molar-refractivity contribution in [1.82, 2.24) is 4.90 Å². The minimum absolute atomic E-state index is 0.0697. The Morgan fingerprint density at radius 1 is 1.06 bits per heavy atom. The lowest BCUT2D eigenvalue weighted by Gasteiger charge is -2.46. The Morgan fingerprint density at radius 3 is 2.16 bits per heavy atom. The van der Waals surface area contributed by atoms with Gasteiger partial charge in [0, 0.05) is 5.56 Å². The van der Waals surface area contributed by atoms with Gasteiger partial charge in [0.05, 0.1) is 23.0 Å². The molecule has 0 aliphatic carbocycles. The number of nitrogens with zero attached hydrogens (tertiary/aromatic N) is 1. The molecule has 4 rings (SSSR count). The van der Waals surface area contributed by atoms with Crippen LogP contribution in [-0.2, 0) is 19.9 Å². The fraction of sp³-hybridized carbons (Fsp3) is 0.273. The molecule has 8 nitrogen and oxygen atoms in total. The standard InChI is InChI=1S/C22H20N2O6S/c23-22(14-9-5-2-6-10-14,19(28)13-7-3-1-4-8-13)21(12-17(26)27)18(20(29)30)24-15(25)11-16(24)31-21/h1-10,16,18H,11-12,23H2,(H,26,27)(H,29,30)/t16-,18+,21?,22?/m1/s1. The second-order valence-corrected chi connectivity index (χ2v) is 9.16. The van der Waals surface area contributed by atoms with Crippen molar-refractivity contribution in [3.05, 3.63) is 71.8 Å². The lowest BCUT2D eigenvalue weighted by Crippen LogP contribution is -2.69. The fourth-order valence-corrected chi connectivity index (χ4v) is 6.57. The smallest absolute Gasteiger partial charge is 0.328 e. The van der Waals surface area contributed by atoms with Crippen LogP contribution in [-0.4, -0.2) is 54.9 Å². The van der Waals surface area contributed by atoms with E-state index in [2.05, 4.69) is 0 Å². The molecule has 0 saturated carbocycles. The lowest BCUT2D eigenvalue weighted by atomic mass is 9.67. The van der Waals surface area contributed by atoms with E-state index in [4.69, 9.17) is 5.73 Å². The first kappa shape index (κ1) is 21.1. The first-order valence-electron chi connectivity index (χ1n) is 9.60. The highest BCUT2D eigenvalue weighted by atomic mass is 32.2. The number of aliphatic carboxylic acids is 2. The van der Waals surface area contributed by atoms with Crippen molar-refractivity contribution in [3.63, 3.8) is 0 Å². The summed E-state index contributed by atoms with van der Waals surface area (Å²) in [7, 11) is 0. The molecule has 1 amide bonds. The number of rotatable bonds is 7. The van der Waals surface area contributed by atoms with Crippen LogP contribution in [0.3, 0.4) is 0 Å². The number of thioether (sulfide) groups is 1. The number of carboxylic acid groups (broad SMARTS) is 2. The maximum atomic E-state index is 13.9. The van der Waals surface area contributed by atoms with Gasteiger partial charge in [0.1, 0.15) is 11.6 Å². The largest absolute Gasteiger partial charge is 0.481 e. The number of benzene rings is 2. The van der Waals surface area contributed by atoms with Gasteiger partial charge in [-0.05, 0) is 5.56 Å². The van der Waals surface area contributed by atoms with E-state index in [1.165, 1.54) is 0 Å². The van der Waals surface area contributed by atoms with Crippen LogP contribution in [0.1, 0.15) is 28.8 Å². The fourth-order valence-electron chi connectivity index (χ4n) is 4.56. The van der Waals surface area contributed by atoms with E-state index >= 15 is 0 Å². The second-order valence-electron chi connectivity index (χ2n) is 7.65. The van der Waals surface area contributed by atoms with Crippen LogP contribution in [0.2, 0.25) is 0 Å². The van der Waals surface area contributed by atoms with Gasteiger partial charge in [0.2, 0.25) is 5.91 Å². The summed E-state index contributed by atoms with van der Waals surface area (Å²) >= 11 is 0.999. The molecule has 2 aromatic rings. The highest BCUT2D eigenvalue weighted by Gasteiger charge is 2.72. The van der Waals surface area contributed by atoms with Crippen molar-refractivity contribution < 1.29 is 29.4 Å². The molecule has 2 unspecified atom stereocenters. The third-order valence-electron chi connectivity index (χ3n) is 5.95. The van der Waals surface area contributed by atoms with Gasteiger partial charge in [0.15, 0.2) is 5.78 Å². The van der Waals surface area contributed by atoms with Crippen molar-refractivity contribution in [2.45, 2.75) is 34.5 Å². The number of hydrogen-bond donors (Lipinski definition) is 3. The maximum Gasteiger partial charge on any atom is 0.328 e. The summed E-state index contributed by atoms with van der Waals surface area (Å²) in [6.07, 6.45) is -0.640. The van der Waals surface area contributed by atoms with E-state index < -0.39 is 51.8 Å². The number of fused-ring (bicyclic) bond motifs is 1. The van der Waals surface area contributed by atoms with Gasteiger partial charge in [-0.2, -0.15) is 0 Å². The highest BCUT2D eigenvalue weighted by molar-refractivity contribution is 8.01. The predicted octanol–water partition coefficient (Wildman–Crippen LogP) is 1.70. The van der Waals surface area contributed by atoms with Gasteiger partial charge >= 0.3 is 11.9 Å². The lowest BCUT2D eigenvalue weighted by molar-refractivity contribution is -0.159. The van der Waals surface area contributed by atoms with Gasteiger partial charge in [-0.25, -0.2) is 4.79 Å². The molecule has 4 N–H and O–H groups in total. The Hall–Kier alpha value is -3.17. The monoisotopic (exact) mass is 440 g/mol. The van der Waals surface area contributed by atoms with Crippen LogP contribution < -0.4 is 5.73 Å². The molecule has 0 aromatic heterocycles. The highest BCUT2D eigenvalue weighted by Crippen LogP contribution is 2.59. The van der Waals surface area contributed by atoms with Crippen LogP contribution in [0.4, 0.5) is 0 Å². The van der Waals surface area contributed by atoms with Crippen LogP contribution in [0, 0.1) is 0 Å². The van der Waals surface area contributed by atoms with Gasteiger partial charge in [-0.15, -0.1) is 11.8 Å². The maximum absolute atomic E-state index is 13.9. The number of ketones is 1. The van der Waals surface area contributed by atoms with Gasteiger partial charge < -0.3 is 20.8 Å². The van der Waals surface area contributed by atoms with Crippen molar-refractivity contribution >= 4 is 35.4 Å². The van der Waals surface area contributed by atoms with E-state index in [0.717, 1.165) is 16.7 Å². The molecule has 2 saturated heterocycles. The molecule has 4 atom stereocenters. The van der Waals surface area contributed by atoms with Crippen molar-refractivity contribution in [2.24, 2.45) is 5.73 Å². The molecule has 2 aromatic carbocycles. The van der Waals surface area contributed by atoms with Crippen molar-refractivity contribution in [1.29, 1.82) is 0 Å². The van der Waals surface area contributed by atoms with Crippen molar-refractivity contribution in [3.8, 4) is 0 Å². The zero-order valence-corrected chi connectivity index (χ0v) is 17.1. The van der Waals surface area contributed by atoms with Crippen molar-refractivity contribution in [2.75, 3.05) is 0 Å². The van der Waals surface area contributed by atoms with Crippen LogP contribution in [0.5, 0.6) is 0 Å². The van der Waals surface area contributed by atoms with Gasteiger partial charge in [-0.3, -0.25) is 14.4 Å². The average Bonchev–Trinajstić information content (AvgIpc) is 3.03. The second kappa shape index (κ2) is 7.51. The summed E-state index contributed by atoms with van der Waals surface area (Å²) < 4.78 is -1.82. The SMILES string of the molecule is NC(C(=O)c1ccccc1)(c1ccccc1)C1(CC(=O)O)S[C@@H]2CC(=O)N2[C@H]1C(=O)O. The summed E-state index contributed by atoms with van der Waals surface area (Å²) in [6, 6.07) is 14.7. The first-order valence-corrected chi connectivity index (χ1v) is 10.5. The Morgan fingerprint density at radius 2 is 1.65 bits per heavy atom.